The molecule has 6 heteroatoms. The minimum atomic E-state index is -3.67. The second-order valence-electron chi connectivity index (χ2n) is 5.00. The molecule has 0 heterocycles. The van der Waals surface area contributed by atoms with Crippen molar-refractivity contribution in [3.05, 3.63) is 23.8 Å². The normalized spacial score (nSPS) is 12.4. The van der Waals surface area contributed by atoms with E-state index in [4.69, 9.17) is 11.0 Å². The molecule has 2 N–H and O–H groups in total. The van der Waals surface area contributed by atoms with Gasteiger partial charge in [-0.1, -0.05) is 6.92 Å². The van der Waals surface area contributed by atoms with Gasteiger partial charge in [-0.25, -0.2) is 8.42 Å². The summed E-state index contributed by atoms with van der Waals surface area (Å²) in [5.74, 6) is 0. The number of sulfonamides is 1. The van der Waals surface area contributed by atoms with Crippen molar-refractivity contribution in [1.82, 2.24) is 4.31 Å². The van der Waals surface area contributed by atoms with Crippen molar-refractivity contribution in [2.45, 2.75) is 37.6 Å². The maximum Gasteiger partial charge on any atom is 0.245 e. The molecule has 0 aliphatic heterocycles. The number of nitriles is 1. The average molecular weight is 281 g/mol. The van der Waals surface area contributed by atoms with E-state index in [9.17, 15) is 8.42 Å². The first-order valence-corrected chi connectivity index (χ1v) is 7.39. The lowest BCUT2D eigenvalue weighted by atomic mass is 10.0. The van der Waals surface area contributed by atoms with Gasteiger partial charge in [0.05, 0.1) is 17.3 Å². The van der Waals surface area contributed by atoms with E-state index in [0.717, 1.165) is 0 Å². The second-order valence-corrected chi connectivity index (χ2v) is 6.94. The number of anilines is 1. The third kappa shape index (κ3) is 2.88. The Morgan fingerprint density at radius 3 is 2.42 bits per heavy atom. The van der Waals surface area contributed by atoms with Gasteiger partial charge in [0, 0.05) is 12.6 Å². The molecule has 0 bridgehead atoms. The molecule has 0 aromatic heterocycles. The molecule has 0 aliphatic carbocycles. The number of nitrogen functional groups attached to an aromatic ring is 1. The third-order valence-corrected chi connectivity index (χ3v) is 5.64. The summed E-state index contributed by atoms with van der Waals surface area (Å²) in [6.07, 6.45) is 0.679. The largest absolute Gasteiger partial charge is 0.398 e. The first-order valence-electron chi connectivity index (χ1n) is 5.95. The summed E-state index contributed by atoms with van der Waals surface area (Å²) in [5, 5.41) is 8.77. The molecule has 1 rings (SSSR count). The maximum atomic E-state index is 12.5. The van der Waals surface area contributed by atoms with Gasteiger partial charge in [0.25, 0.3) is 0 Å². The van der Waals surface area contributed by atoms with Crippen LogP contribution in [-0.2, 0) is 10.0 Å². The highest BCUT2D eigenvalue weighted by Gasteiger charge is 2.33. The molecule has 5 nitrogen and oxygen atoms in total. The van der Waals surface area contributed by atoms with E-state index in [0.29, 0.717) is 12.0 Å². The van der Waals surface area contributed by atoms with Gasteiger partial charge in [0.2, 0.25) is 10.0 Å². The van der Waals surface area contributed by atoms with Gasteiger partial charge < -0.3 is 5.73 Å². The molecule has 0 atom stereocenters. The highest BCUT2D eigenvalue weighted by atomic mass is 32.2. The van der Waals surface area contributed by atoms with Crippen LogP contribution in [0.5, 0.6) is 0 Å². The van der Waals surface area contributed by atoms with Crippen LogP contribution in [0.4, 0.5) is 5.69 Å². The SMILES string of the molecule is CCC(C)(C)N(C)S(=O)(=O)c1ccc(C#N)cc1N. The van der Waals surface area contributed by atoms with Crippen LogP contribution in [-0.4, -0.2) is 25.3 Å². The Hall–Kier alpha value is -1.58. The predicted octanol–water partition coefficient (Wildman–Crippen LogP) is 1.95. The van der Waals surface area contributed by atoms with E-state index in [1.54, 1.807) is 0 Å². The van der Waals surface area contributed by atoms with Crippen LogP contribution in [0.25, 0.3) is 0 Å². The fraction of sp³-hybridized carbons (Fsp3) is 0.462. The summed E-state index contributed by atoms with van der Waals surface area (Å²) >= 11 is 0. The molecule has 0 radical (unpaired) electrons. The Balaban J connectivity index is 3.33. The lowest BCUT2D eigenvalue weighted by molar-refractivity contribution is 0.257. The van der Waals surface area contributed by atoms with E-state index in [1.807, 2.05) is 26.8 Å². The van der Waals surface area contributed by atoms with Crippen molar-refractivity contribution in [1.29, 1.82) is 5.26 Å². The molecule has 0 aliphatic rings. The topological polar surface area (TPSA) is 87.2 Å². The minimum absolute atomic E-state index is 0.0375. The molecule has 0 saturated carbocycles. The van der Waals surface area contributed by atoms with Gasteiger partial charge in [0.15, 0.2) is 0 Å². The van der Waals surface area contributed by atoms with E-state index in [2.05, 4.69) is 0 Å². The minimum Gasteiger partial charge on any atom is -0.398 e. The zero-order valence-corrected chi connectivity index (χ0v) is 12.5. The summed E-state index contributed by atoms with van der Waals surface area (Å²) in [5.41, 5.74) is 5.68. The fourth-order valence-electron chi connectivity index (χ4n) is 1.55. The van der Waals surface area contributed by atoms with Gasteiger partial charge in [0.1, 0.15) is 4.90 Å². The molecular formula is C13H19N3O2S. The monoisotopic (exact) mass is 281 g/mol. The number of nitrogens with two attached hydrogens (primary N) is 1. The first-order chi connectivity index (χ1) is 8.66. The third-order valence-electron chi connectivity index (χ3n) is 3.50. The zero-order chi connectivity index (χ0) is 14.8. The van der Waals surface area contributed by atoms with Crippen molar-refractivity contribution >= 4 is 15.7 Å². The first kappa shape index (κ1) is 15.5. The summed E-state index contributed by atoms with van der Waals surface area (Å²) in [6, 6.07) is 6.14. The van der Waals surface area contributed by atoms with Crippen molar-refractivity contribution in [3.8, 4) is 6.07 Å². The van der Waals surface area contributed by atoms with E-state index in [-0.39, 0.29) is 10.6 Å². The molecular weight excluding hydrogens is 262 g/mol. The number of hydrogen-bond acceptors (Lipinski definition) is 4. The molecule has 0 amide bonds. The summed E-state index contributed by atoms with van der Waals surface area (Å²) in [7, 11) is -2.13. The Morgan fingerprint density at radius 1 is 1.42 bits per heavy atom. The van der Waals surface area contributed by atoms with Gasteiger partial charge >= 0.3 is 0 Å². The lowest BCUT2D eigenvalue weighted by Gasteiger charge is -2.33. The summed E-state index contributed by atoms with van der Waals surface area (Å²) in [6.45, 7) is 5.63. The molecule has 0 saturated heterocycles. The van der Waals surface area contributed by atoms with E-state index >= 15 is 0 Å². The maximum absolute atomic E-state index is 12.5. The van der Waals surface area contributed by atoms with Crippen LogP contribution in [0.3, 0.4) is 0 Å². The predicted molar refractivity (Wildman–Crippen MR) is 74.9 cm³/mol. The summed E-state index contributed by atoms with van der Waals surface area (Å²) < 4.78 is 26.4. The smallest absolute Gasteiger partial charge is 0.245 e. The van der Waals surface area contributed by atoms with Crippen LogP contribution >= 0.6 is 0 Å². The Morgan fingerprint density at radius 2 is 2.00 bits per heavy atom. The van der Waals surface area contributed by atoms with Crippen LogP contribution < -0.4 is 5.73 Å². The molecule has 1 aromatic rings. The number of benzene rings is 1. The van der Waals surface area contributed by atoms with Crippen molar-refractivity contribution in [2.24, 2.45) is 0 Å². The number of rotatable bonds is 4. The molecule has 1 aromatic carbocycles. The number of nitrogens with zero attached hydrogens (tertiary/aromatic N) is 2. The van der Waals surface area contributed by atoms with Gasteiger partial charge in [-0.3, -0.25) is 0 Å². The average Bonchev–Trinajstić information content (AvgIpc) is 2.37. The van der Waals surface area contributed by atoms with Crippen LogP contribution in [0.2, 0.25) is 0 Å². The molecule has 104 valence electrons. The van der Waals surface area contributed by atoms with Crippen molar-refractivity contribution < 1.29 is 8.42 Å². The van der Waals surface area contributed by atoms with Crippen LogP contribution in [0, 0.1) is 11.3 Å². The Labute approximate surface area is 114 Å². The highest BCUT2D eigenvalue weighted by Crippen LogP contribution is 2.28. The zero-order valence-electron chi connectivity index (χ0n) is 11.6. The standard InChI is InChI=1S/C13H19N3O2S/c1-5-13(2,3)16(4)19(17,18)12-7-6-10(9-14)8-11(12)15/h6-8H,5,15H2,1-4H3. The van der Waals surface area contributed by atoms with Gasteiger partial charge in [-0.2, -0.15) is 9.57 Å². The second kappa shape index (κ2) is 5.19. The van der Waals surface area contributed by atoms with Crippen molar-refractivity contribution in [2.75, 3.05) is 12.8 Å². The molecule has 0 fully saturated rings. The van der Waals surface area contributed by atoms with Gasteiger partial charge in [-0.15, -0.1) is 0 Å². The highest BCUT2D eigenvalue weighted by molar-refractivity contribution is 7.89. The molecule has 19 heavy (non-hydrogen) atoms. The number of hydrogen-bond donors (Lipinski definition) is 1. The lowest BCUT2D eigenvalue weighted by Crippen LogP contribution is -2.44. The van der Waals surface area contributed by atoms with Crippen LogP contribution in [0.1, 0.15) is 32.8 Å². The Kier molecular flexibility index (Phi) is 4.23. The molecule has 0 unspecified atom stereocenters. The Bertz CT molecular complexity index is 615. The fourth-order valence-corrected chi connectivity index (χ4v) is 3.22. The van der Waals surface area contributed by atoms with Crippen molar-refractivity contribution in [3.63, 3.8) is 0 Å². The molecule has 0 spiro atoms. The van der Waals surface area contributed by atoms with Gasteiger partial charge in [-0.05, 0) is 38.5 Å². The quantitative estimate of drug-likeness (QED) is 0.854. The van der Waals surface area contributed by atoms with E-state index < -0.39 is 15.6 Å². The van der Waals surface area contributed by atoms with Crippen LogP contribution in [0.15, 0.2) is 23.1 Å². The summed E-state index contributed by atoms with van der Waals surface area (Å²) in [4.78, 5) is 0.0375. The van der Waals surface area contributed by atoms with E-state index in [1.165, 1.54) is 29.6 Å².